The fraction of sp³-hybridized carbons (Fsp3) is 0.625. The summed E-state index contributed by atoms with van der Waals surface area (Å²) in [4.78, 5) is 2.61. The molecule has 0 bridgehead atoms. The van der Waals surface area contributed by atoms with Crippen LogP contribution < -0.4 is 10.2 Å². The first-order valence-electron chi connectivity index (χ1n) is 7.38. The zero-order valence-electron chi connectivity index (χ0n) is 11.6. The summed E-state index contributed by atoms with van der Waals surface area (Å²) in [6.45, 7) is 7.09. The minimum Gasteiger partial charge on any atom is -0.383 e. The Labute approximate surface area is 110 Å². The number of para-hydroxylation sites is 1. The van der Waals surface area contributed by atoms with E-state index in [1.165, 1.54) is 49.2 Å². The Kier molecular flexibility index (Phi) is 3.19. The third-order valence-electron chi connectivity index (χ3n) is 4.50. The highest BCUT2D eigenvalue weighted by atomic mass is 15.2. The summed E-state index contributed by atoms with van der Waals surface area (Å²) in [5.74, 6) is 0.878. The van der Waals surface area contributed by atoms with Gasteiger partial charge < -0.3 is 10.2 Å². The number of rotatable bonds is 1. The summed E-state index contributed by atoms with van der Waals surface area (Å²) in [6, 6.07) is 7.47. The van der Waals surface area contributed by atoms with Crippen LogP contribution in [0.5, 0.6) is 0 Å². The van der Waals surface area contributed by atoms with E-state index in [2.05, 4.69) is 42.3 Å². The van der Waals surface area contributed by atoms with Crippen LogP contribution in [0, 0.1) is 5.92 Å². The Bertz CT molecular complexity index is 427. The lowest BCUT2D eigenvalue weighted by Gasteiger charge is -2.40. The van der Waals surface area contributed by atoms with Gasteiger partial charge in [0.05, 0.1) is 11.4 Å². The molecule has 3 rings (SSSR count). The van der Waals surface area contributed by atoms with Gasteiger partial charge in [0.15, 0.2) is 0 Å². The zero-order valence-corrected chi connectivity index (χ0v) is 11.6. The molecule has 98 valence electrons. The number of hydrogen-bond acceptors (Lipinski definition) is 2. The lowest BCUT2D eigenvalue weighted by atomic mass is 9.92. The maximum atomic E-state index is 3.62. The Hall–Kier alpha value is -1.18. The normalized spacial score (nSPS) is 27.6. The van der Waals surface area contributed by atoms with Gasteiger partial charge in [-0.1, -0.05) is 19.1 Å². The smallest absolute Gasteiger partial charge is 0.0610 e. The number of hydrogen-bond donors (Lipinski definition) is 1. The molecule has 1 fully saturated rings. The number of anilines is 2. The van der Waals surface area contributed by atoms with Crippen molar-refractivity contribution in [1.82, 2.24) is 0 Å². The summed E-state index contributed by atoms with van der Waals surface area (Å²) in [7, 11) is 0. The highest BCUT2D eigenvalue weighted by Gasteiger charge is 2.25. The van der Waals surface area contributed by atoms with Crippen LogP contribution in [-0.2, 0) is 6.42 Å². The molecule has 2 nitrogen and oxygen atoms in total. The van der Waals surface area contributed by atoms with Crippen molar-refractivity contribution < 1.29 is 0 Å². The van der Waals surface area contributed by atoms with Gasteiger partial charge in [-0.05, 0) is 50.2 Å². The van der Waals surface area contributed by atoms with Gasteiger partial charge in [-0.25, -0.2) is 0 Å². The van der Waals surface area contributed by atoms with E-state index in [4.69, 9.17) is 0 Å². The molecular formula is C16H24N2. The highest BCUT2D eigenvalue weighted by molar-refractivity contribution is 5.75. The average Bonchev–Trinajstić information content (AvgIpc) is 2.38. The van der Waals surface area contributed by atoms with Crippen LogP contribution >= 0.6 is 0 Å². The molecule has 0 aromatic heterocycles. The highest BCUT2D eigenvalue weighted by Crippen LogP contribution is 2.36. The minimum absolute atomic E-state index is 0.670. The first kappa shape index (κ1) is 11.9. The van der Waals surface area contributed by atoms with Gasteiger partial charge in [0, 0.05) is 19.1 Å². The Morgan fingerprint density at radius 1 is 1.28 bits per heavy atom. The topological polar surface area (TPSA) is 15.3 Å². The number of nitrogens with one attached hydrogen (secondary N) is 1. The van der Waals surface area contributed by atoms with E-state index < -0.39 is 0 Å². The van der Waals surface area contributed by atoms with Gasteiger partial charge in [0.1, 0.15) is 0 Å². The molecule has 0 radical (unpaired) electrons. The third kappa shape index (κ3) is 2.09. The van der Waals surface area contributed by atoms with Gasteiger partial charge >= 0.3 is 0 Å². The molecular weight excluding hydrogens is 220 g/mol. The van der Waals surface area contributed by atoms with Gasteiger partial charge in [-0.2, -0.15) is 0 Å². The predicted molar refractivity (Wildman–Crippen MR) is 78.5 cm³/mol. The Balaban J connectivity index is 1.92. The quantitative estimate of drug-likeness (QED) is 0.811. The molecule has 0 spiro atoms. The average molecular weight is 244 g/mol. The van der Waals surface area contributed by atoms with E-state index in [-0.39, 0.29) is 0 Å². The first-order valence-corrected chi connectivity index (χ1v) is 7.38. The number of nitrogens with zero attached hydrogens (tertiary/aromatic N) is 1. The lowest BCUT2D eigenvalue weighted by Crippen LogP contribution is -2.40. The van der Waals surface area contributed by atoms with E-state index in [0.717, 1.165) is 12.5 Å². The molecule has 1 aromatic carbocycles. The molecule has 0 amide bonds. The van der Waals surface area contributed by atoms with Crippen molar-refractivity contribution in [2.24, 2.45) is 5.92 Å². The van der Waals surface area contributed by atoms with E-state index in [1.807, 2.05) is 0 Å². The molecule has 2 heterocycles. The SMILES string of the molecule is CC1CCN(c2cccc3c2NCCC3)C(C)C1. The summed E-state index contributed by atoms with van der Waals surface area (Å²) in [5.41, 5.74) is 4.35. The van der Waals surface area contributed by atoms with Gasteiger partial charge in [0.25, 0.3) is 0 Å². The molecule has 1 aromatic rings. The monoisotopic (exact) mass is 244 g/mol. The van der Waals surface area contributed by atoms with Crippen LogP contribution in [0.15, 0.2) is 18.2 Å². The third-order valence-corrected chi connectivity index (χ3v) is 4.50. The van der Waals surface area contributed by atoms with Gasteiger partial charge in [-0.3, -0.25) is 0 Å². The van der Waals surface area contributed by atoms with Crippen LogP contribution in [0.3, 0.4) is 0 Å². The molecule has 2 aliphatic rings. The second kappa shape index (κ2) is 4.83. The number of aryl methyl sites for hydroxylation is 1. The summed E-state index contributed by atoms with van der Waals surface area (Å²) >= 11 is 0. The van der Waals surface area contributed by atoms with E-state index in [0.29, 0.717) is 6.04 Å². The van der Waals surface area contributed by atoms with Crippen molar-refractivity contribution in [3.05, 3.63) is 23.8 Å². The van der Waals surface area contributed by atoms with Crippen molar-refractivity contribution in [3.8, 4) is 0 Å². The van der Waals surface area contributed by atoms with E-state index in [1.54, 1.807) is 0 Å². The zero-order chi connectivity index (χ0) is 12.5. The molecule has 18 heavy (non-hydrogen) atoms. The molecule has 1 N–H and O–H groups in total. The molecule has 2 aliphatic heterocycles. The Morgan fingerprint density at radius 3 is 3.00 bits per heavy atom. The van der Waals surface area contributed by atoms with Crippen molar-refractivity contribution in [1.29, 1.82) is 0 Å². The van der Waals surface area contributed by atoms with Crippen LogP contribution in [-0.4, -0.2) is 19.1 Å². The molecule has 1 saturated heterocycles. The van der Waals surface area contributed by atoms with Gasteiger partial charge in [0.2, 0.25) is 0 Å². The number of fused-ring (bicyclic) bond motifs is 1. The fourth-order valence-corrected chi connectivity index (χ4v) is 3.50. The lowest BCUT2D eigenvalue weighted by molar-refractivity contribution is 0.378. The summed E-state index contributed by atoms with van der Waals surface area (Å²) in [6.07, 6.45) is 5.15. The maximum absolute atomic E-state index is 3.62. The molecule has 0 aliphatic carbocycles. The molecule has 2 atom stereocenters. The maximum Gasteiger partial charge on any atom is 0.0610 e. The second-order valence-corrected chi connectivity index (χ2v) is 6.01. The van der Waals surface area contributed by atoms with Crippen molar-refractivity contribution in [3.63, 3.8) is 0 Å². The van der Waals surface area contributed by atoms with Gasteiger partial charge in [-0.15, -0.1) is 0 Å². The molecule has 2 unspecified atom stereocenters. The summed E-state index contributed by atoms with van der Waals surface area (Å²) in [5, 5.41) is 3.62. The van der Waals surface area contributed by atoms with Crippen LogP contribution in [0.4, 0.5) is 11.4 Å². The number of piperidine rings is 1. The van der Waals surface area contributed by atoms with E-state index in [9.17, 15) is 0 Å². The molecule has 2 heteroatoms. The van der Waals surface area contributed by atoms with Crippen LogP contribution in [0.2, 0.25) is 0 Å². The standard InChI is InChI=1S/C16H24N2/c1-12-8-10-18(13(2)11-12)15-7-3-5-14-6-4-9-17-16(14)15/h3,5,7,12-13,17H,4,6,8-11H2,1-2H3. The Morgan fingerprint density at radius 2 is 2.17 bits per heavy atom. The van der Waals surface area contributed by atoms with Crippen LogP contribution in [0.25, 0.3) is 0 Å². The van der Waals surface area contributed by atoms with Crippen LogP contribution in [0.1, 0.15) is 38.7 Å². The van der Waals surface area contributed by atoms with Crippen molar-refractivity contribution in [2.45, 2.75) is 45.6 Å². The first-order chi connectivity index (χ1) is 8.75. The van der Waals surface area contributed by atoms with Crippen molar-refractivity contribution >= 4 is 11.4 Å². The molecule has 0 saturated carbocycles. The van der Waals surface area contributed by atoms with E-state index >= 15 is 0 Å². The minimum atomic E-state index is 0.670. The predicted octanol–water partition coefficient (Wildman–Crippen LogP) is 3.67. The largest absolute Gasteiger partial charge is 0.383 e. The number of benzene rings is 1. The second-order valence-electron chi connectivity index (χ2n) is 6.01. The fourth-order valence-electron chi connectivity index (χ4n) is 3.50. The van der Waals surface area contributed by atoms with Crippen molar-refractivity contribution in [2.75, 3.05) is 23.3 Å². The summed E-state index contributed by atoms with van der Waals surface area (Å²) < 4.78 is 0.